The van der Waals surface area contributed by atoms with Gasteiger partial charge < -0.3 is 13.9 Å². The number of benzene rings is 9. The van der Waals surface area contributed by atoms with E-state index in [1.165, 1.54) is 32.7 Å². The van der Waals surface area contributed by atoms with Gasteiger partial charge in [-0.1, -0.05) is 146 Å². The highest BCUT2D eigenvalue weighted by Gasteiger charge is 2.26. The van der Waals surface area contributed by atoms with E-state index in [1.807, 2.05) is 0 Å². The molecule has 9 aromatic carbocycles. The molecule has 0 saturated carbocycles. The lowest BCUT2D eigenvalue weighted by Crippen LogP contribution is -2.11. The van der Waals surface area contributed by atoms with Crippen LogP contribution in [0.15, 0.2) is 199 Å². The number of hydrogen-bond donors (Lipinski definition) is 0. The summed E-state index contributed by atoms with van der Waals surface area (Å²) in [7, 11) is 0. The van der Waals surface area contributed by atoms with Crippen molar-refractivity contribution in [3.8, 4) is 16.8 Å². The van der Waals surface area contributed by atoms with Gasteiger partial charge in [-0.3, -0.25) is 0 Å². The summed E-state index contributed by atoms with van der Waals surface area (Å²) < 4.78 is 9.37. The molecule has 0 saturated heterocycles. The molecular formula is C50H32N2O. The number of para-hydroxylation sites is 3. The standard InChI is InChI=1S/C50H32N2O/c1-3-15-33(16-4-1)34-27-29-37(30-28-34)52(44-31-35-17-7-8-20-38(35)39-21-9-10-22-40(39)44)46-32-45-48(50-49(46)42-24-12-14-26-47(42)53-50)41-23-11-13-25-43(41)51(45)36-18-5-2-6-19-36/h1-32H. The predicted molar refractivity (Wildman–Crippen MR) is 223 cm³/mol. The number of aromatic nitrogens is 1. The number of nitrogens with zero attached hydrogens (tertiary/aromatic N) is 2. The highest BCUT2D eigenvalue weighted by molar-refractivity contribution is 6.28. The lowest BCUT2D eigenvalue weighted by atomic mass is 9.97. The third-order valence-electron chi connectivity index (χ3n) is 10.7. The molecule has 0 radical (unpaired) electrons. The minimum absolute atomic E-state index is 0.871. The van der Waals surface area contributed by atoms with Gasteiger partial charge in [0.05, 0.1) is 33.2 Å². The normalized spacial score (nSPS) is 11.8. The van der Waals surface area contributed by atoms with Gasteiger partial charge in [0.25, 0.3) is 0 Å². The van der Waals surface area contributed by atoms with Gasteiger partial charge in [0.15, 0.2) is 0 Å². The Labute approximate surface area is 306 Å². The Morgan fingerprint density at radius 2 is 1.00 bits per heavy atom. The average molecular weight is 677 g/mol. The fourth-order valence-corrected chi connectivity index (χ4v) is 8.41. The van der Waals surface area contributed by atoms with Crippen molar-refractivity contribution >= 4 is 82.4 Å². The Morgan fingerprint density at radius 1 is 0.396 bits per heavy atom. The van der Waals surface area contributed by atoms with Gasteiger partial charge in [0.1, 0.15) is 11.2 Å². The lowest BCUT2D eigenvalue weighted by molar-refractivity contribution is 0.673. The molecule has 0 N–H and O–H groups in total. The molecule has 11 rings (SSSR count). The van der Waals surface area contributed by atoms with Crippen molar-refractivity contribution in [3.05, 3.63) is 194 Å². The summed E-state index contributed by atoms with van der Waals surface area (Å²) in [6.45, 7) is 0. The van der Waals surface area contributed by atoms with E-state index < -0.39 is 0 Å². The number of fused-ring (bicyclic) bond motifs is 10. The van der Waals surface area contributed by atoms with E-state index in [0.29, 0.717) is 0 Å². The van der Waals surface area contributed by atoms with Crippen LogP contribution in [0.1, 0.15) is 0 Å². The van der Waals surface area contributed by atoms with Gasteiger partial charge in [0.2, 0.25) is 0 Å². The van der Waals surface area contributed by atoms with Crippen LogP contribution in [0.25, 0.3) is 82.1 Å². The molecule has 0 amide bonds. The summed E-state index contributed by atoms with van der Waals surface area (Å²) in [6.07, 6.45) is 0. The minimum atomic E-state index is 0.871. The smallest absolute Gasteiger partial charge is 0.147 e. The molecule has 11 aromatic rings. The SMILES string of the molecule is c1ccc(-c2ccc(N(c3cc4ccccc4c4ccccc34)c3cc4c(c5ccccc5n4-c4ccccc4)c4oc5ccccc5c34)cc2)cc1. The Balaban J connectivity index is 1.31. The van der Waals surface area contributed by atoms with Crippen molar-refractivity contribution in [2.75, 3.05) is 4.90 Å². The first kappa shape index (κ1) is 29.6. The lowest BCUT2D eigenvalue weighted by Gasteiger charge is -2.29. The molecule has 0 spiro atoms. The van der Waals surface area contributed by atoms with Gasteiger partial charge in [-0.05, 0) is 75.8 Å². The Kier molecular flexibility index (Phi) is 6.55. The molecule has 0 fully saturated rings. The molecule has 0 aliphatic rings. The second kappa shape index (κ2) is 11.7. The van der Waals surface area contributed by atoms with Crippen LogP contribution in [0.4, 0.5) is 17.1 Å². The van der Waals surface area contributed by atoms with Gasteiger partial charge in [-0.25, -0.2) is 0 Å². The van der Waals surface area contributed by atoms with Gasteiger partial charge >= 0.3 is 0 Å². The maximum Gasteiger partial charge on any atom is 0.147 e. The van der Waals surface area contributed by atoms with E-state index in [2.05, 4.69) is 204 Å². The molecule has 53 heavy (non-hydrogen) atoms. The fraction of sp³-hybridized carbons (Fsp3) is 0. The molecule has 3 nitrogen and oxygen atoms in total. The van der Waals surface area contributed by atoms with Crippen molar-refractivity contribution in [2.45, 2.75) is 0 Å². The van der Waals surface area contributed by atoms with Crippen LogP contribution >= 0.6 is 0 Å². The summed E-state index contributed by atoms with van der Waals surface area (Å²) in [5.41, 5.74) is 10.7. The Hall–Kier alpha value is -7.10. The van der Waals surface area contributed by atoms with Crippen LogP contribution in [0.5, 0.6) is 0 Å². The van der Waals surface area contributed by atoms with Crippen molar-refractivity contribution in [1.82, 2.24) is 4.57 Å². The Morgan fingerprint density at radius 3 is 1.79 bits per heavy atom. The quantitative estimate of drug-likeness (QED) is 0.169. The molecule has 0 bridgehead atoms. The second-order valence-electron chi connectivity index (χ2n) is 13.7. The zero-order valence-corrected chi connectivity index (χ0v) is 28.8. The summed E-state index contributed by atoms with van der Waals surface area (Å²) in [4.78, 5) is 2.46. The van der Waals surface area contributed by atoms with E-state index in [0.717, 1.165) is 66.5 Å². The monoisotopic (exact) mass is 676 g/mol. The number of rotatable bonds is 5. The summed E-state index contributed by atoms with van der Waals surface area (Å²) in [5, 5.41) is 9.30. The highest BCUT2D eigenvalue weighted by atomic mass is 16.3. The van der Waals surface area contributed by atoms with Crippen LogP contribution in [-0.2, 0) is 0 Å². The van der Waals surface area contributed by atoms with E-state index >= 15 is 0 Å². The van der Waals surface area contributed by atoms with Crippen LogP contribution < -0.4 is 4.90 Å². The number of hydrogen-bond acceptors (Lipinski definition) is 2. The Bertz CT molecular complexity index is 3160. The van der Waals surface area contributed by atoms with E-state index in [9.17, 15) is 0 Å². The highest BCUT2D eigenvalue weighted by Crippen LogP contribution is 2.50. The first-order valence-electron chi connectivity index (χ1n) is 18.1. The van der Waals surface area contributed by atoms with Crippen molar-refractivity contribution in [1.29, 1.82) is 0 Å². The third kappa shape index (κ3) is 4.54. The molecule has 3 heteroatoms. The molecule has 248 valence electrons. The molecular weight excluding hydrogens is 645 g/mol. The number of anilines is 3. The summed E-state index contributed by atoms with van der Waals surface area (Å²) in [5.74, 6) is 0. The number of furan rings is 1. The molecule has 0 unspecified atom stereocenters. The zero-order chi connectivity index (χ0) is 34.9. The first-order chi connectivity index (χ1) is 26.3. The third-order valence-corrected chi connectivity index (χ3v) is 10.7. The van der Waals surface area contributed by atoms with Gasteiger partial charge in [-0.2, -0.15) is 0 Å². The molecule has 0 aliphatic carbocycles. The fourth-order valence-electron chi connectivity index (χ4n) is 8.41. The van der Waals surface area contributed by atoms with Crippen molar-refractivity contribution in [2.24, 2.45) is 0 Å². The maximum absolute atomic E-state index is 6.98. The van der Waals surface area contributed by atoms with Crippen LogP contribution in [0, 0.1) is 0 Å². The molecule has 0 atom stereocenters. The van der Waals surface area contributed by atoms with Crippen molar-refractivity contribution in [3.63, 3.8) is 0 Å². The summed E-state index contributed by atoms with van der Waals surface area (Å²) in [6, 6.07) is 69.7. The largest absolute Gasteiger partial charge is 0.455 e. The molecule has 2 aromatic heterocycles. The van der Waals surface area contributed by atoms with E-state index in [1.54, 1.807) is 0 Å². The van der Waals surface area contributed by atoms with Crippen LogP contribution in [-0.4, -0.2) is 4.57 Å². The predicted octanol–water partition coefficient (Wildman–Crippen LogP) is 14.1. The van der Waals surface area contributed by atoms with Crippen LogP contribution in [0.3, 0.4) is 0 Å². The minimum Gasteiger partial charge on any atom is -0.455 e. The maximum atomic E-state index is 6.98. The average Bonchev–Trinajstić information content (AvgIpc) is 3.78. The van der Waals surface area contributed by atoms with Crippen LogP contribution in [0.2, 0.25) is 0 Å². The topological polar surface area (TPSA) is 21.3 Å². The molecule has 2 heterocycles. The van der Waals surface area contributed by atoms with Gasteiger partial charge in [-0.15, -0.1) is 0 Å². The van der Waals surface area contributed by atoms with Gasteiger partial charge in [0, 0.05) is 27.5 Å². The molecule has 0 aliphatic heterocycles. The van der Waals surface area contributed by atoms with E-state index in [4.69, 9.17) is 4.42 Å². The van der Waals surface area contributed by atoms with E-state index in [-0.39, 0.29) is 0 Å². The zero-order valence-electron chi connectivity index (χ0n) is 28.8. The summed E-state index contributed by atoms with van der Waals surface area (Å²) >= 11 is 0. The first-order valence-corrected chi connectivity index (χ1v) is 18.1. The second-order valence-corrected chi connectivity index (χ2v) is 13.7. The van der Waals surface area contributed by atoms with Crippen molar-refractivity contribution < 1.29 is 4.42 Å².